The maximum Gasteiger partial charge on any atom is 0.174 e. The van der Waals surface area contributed by atoms with E-state index in [0.717, 1.165) is 21.5 Å². The van der Waals surface area contributed by atoms with Gasteiger partial charge in [0, 0.05) is 6.04 Å². The Morgan fingerprint density at radius 2 is 2.20 bits per heavy atom. The largest absolute Gasteiger partial charge is 0.391 e. The number of hydrogen-bond acceptors (Lipinski definition) is 4. The molecule has 0 aromatic carbocycles. The number of anilines is 1. The average Bonchev–Trinajstić information content (AvgIpc) is 2.84. The van der Waals surface area contributed by atoms with E-state index in [9.17, 15) is 0 Å². The van der Waals surface area contributed by atoms with Crippen molar-refractivity contribution in [1.29, 1.82) is 0 Å². The lowest BCUT2D eigenvalue weighted by molar-refractivity contribution is 0.718. The highest BCUT2D eigenvalue weighted by molar-refractivity contribution is 7.19. The predicted octanol–water partition coefficient (Wildman–Crippen LogP) is 2.23. The molecule has 2 heterocycles. The molecule has 0 saturated heterocycles. The summed E-state index contributed by atoms with van der Waals surface area (Å²) in [6, 6.07) is 4.54. The van der Waals surface area contributed by atoms with Crippen molar-refractivity contribution >= 4 is 16.3 Å². The summed E-state index contributed by atoms with van der Waals surface area (Å²) < 4.78 is 2.23. The van der Waals surface area contributed by atoms with Crippen LogP contribution in [0, 0.1) is 6.92 Å². The molecule has 1 aliphatic carbocycles. The van der Waals surface area contributed by atoms with Gasteiger partial charge < -0.3 is 10.3 Å². The minimum atomic E-state index is 0.610. The van der Waals surface area contributed by atoms with E-state index in [4.69, 9.17) is 5.73 Å². The predicted molar refractivity (Wildman–Crippen MR) is 60.8 cm³/mol. The Kier molecular flexibility index (Phi) is 1.82. The van der Waals surface area contributed by atoms with Crippen molar-refractivity contribution in [2.24, 2.45) is 0 Å². The van der Waals surface area contributed by atoms with Crippen molar-refractivity contribution in [2.75, 3.05) is 5.73 Å². The highest BCUT2D eigenvalue weighted by Crippen LogP contribution is 2.40. The smallest absolute Gasteiger partial charge is 0.174 e. The van der Waals surface area contributed by atoms with Crippen molar-refractivity contribution < 1.29 is 0 Å². The second-order valence-electron chi connectivity index (χ2n) is 3.87. The zero-order chi connectivity index (χ0) is 10.4. The molecule has 2 N–H and O–H groups in total. The molecule has 4 nitrogen and oxygen atoms in total. The fraction of sp³-hybridized carbons (Fsp3) is 0.400. The van der Waals surface area contributed by atoms with Crippen LogP contribution < -0.4 is 5.73 Å². The minimum Gasteiger partial charge on any atom is -0.391 e. The molecule has 0 spiro atoms. The SMILES string of the molecule is Cc1nnc(-c2ccc(N)s2)n1C1CC1. The van der Waals surface area contributed by atoms with E-state index in [-0.39, 0.29) is 0 Å². The van der Waals surface area contributed by atoms with Crippen LogP contribution in [0.25, 0.3) is 10.7 Å². The van der Waals surface area contributed by atoms with Crippen LogP contribution in [0.2, 0.25) is 0 Å². The van der Waals surface area contributed by atoms with Crippen LogP contribution in [0.5, 0.6) is 0 Å². The Hall–Kier alpha value is -1.36. The summed E-state index contributed by atoms with van der Waals surface area (Å²) in [6.07, 6.45) is 2.49. The molecule has 0 unspecified atom stereocenters. The molecule has 0 radical (unpaired) electrons. The van der Waals surface area contributed by atoms with Gasteiger partial charge in [0.15, 0.2) is 5.82 Å². The van der Waals surface area contributed by atoms with Gasteiger partial charge in [-0.25, -0.2) is 0 Å². The Labute approximate surface area is 91.7 Å². The zero-order valence-corrected chi connectivity index (χ0v) is 9.29. The zero-order valence-electron chi connectivity index (χ0n) is 8.47. The minimum absolute atomic E-state index is 0.610. The first-order valence-electron chi connectivity index (χ1n) is 5.03. The van der Waals surface area contributed by atoms with Crippen molar-refractivity contribution in [3.8, 4) is 10.7 Å². The molecule has 1 fully saturated rings. The Balaban J connectivity index is 2.11. The summed E-state index contributed by atoms with van der Waals surface area (Å²) in [5, 5.41) is 9.20. The van der Waals surface area contributed by atoms with Crippen molar-refractivity contribution in [3.05, 3.63) is 18.0 Å². The first-order chi connectivity index (χ1) is 7.25. The fourth-order valence-electron chi connectivity index (χ4n) is 1.78. The van der Waals surface area contributed by atoms with Gasteiger partial charge in [0.1, 0.15) is 5.82 Å². The maximum atomic E-state index is 5.73. The van der Waals surface area contributed by atoms with Gasteiger partial charge in [-0.2, -0.15) is 0 Å². The van der Waals surface area contributed by atoms with Crippen LogP contribution in [0.1, 0.15) is 24.7 Å². The third-order valence-corrected chi connectivity index (χ3v) is 3.54. The Morgan fingerprint density at radius 3 is 2.80 bits per heavy atom. The molecule has 0 atom stereocenters. The number of rotatable bonds is 2. The standard InChI is InChI=1S/C10H12N4S/c1-6-12-13-10(14(6)7-2-3-7)8-4-5-9(11)15-8/h4-5,7H,2-3,11H2,1H3. The summed E-state index contributed by atoms with van der Waals surface area (Å²) in [7, 11) is 0. The first-order valence-corrected chi connectivity index (χ1v) is 5.84. The third kappa shape index (κ3) is 1.43. The molecular weight excluding hydrogens is 208 g/mol. The quantitative estimate of drug-likeness (QED) is 0.844. The summed E-state index contributed by atoms with van der Waals surface area (Å²) in [6.45, 7) is 2.01. The van der Waals surface area contributed by atoms with E-state index in [1.165, 1.54) is 12.8 Å². The monoisotopic (exact) mass is 220 g/mol. The summed E-state index contributed by atoms with van der Waals surface area (Å²) in [5.41, 5.74) is 5.73. The van der Waals surface area contributed by atoms with Crippen LogP contribution in [0.15, 0.2) is 12.1 Å². The van der Waals surface area contributed by atoms with Gasteiger partial charge in [0.25, 0.3) is 0 Å². The molecule has 1 saturated carbocycles. The second-order valence-corrected chi connectivity index (χ2v) is 4.99. The molecule has 0 aliphatic heterocycles. The van der Waals surface area contributed by atoms with Crippen molar-refractivity contribution in [1.82, 2.24) is 14.8 Å². The van der Waals surface area contributed by atoms with Crippen molar-refractivity contribution in [2.45, 2.75) is 25.8 Å². The number of aromatic nitrogens is 3. The second kappa shape index (κ2) is 3.06. The molecule has 0 bridgehead atoms. The van der Waals surface area contributed by atoms with E-state index in [1.54, 1.807) is 11.3 Å². The molecular formula is C10H12N4S. The number of nitrogens with two attached hydrogens (primary N) is 1. The third-order valence-electron chi connectivity index (χ3n) is 2.63. The van der Waals surface area contributed by atoms with Gasteiger partial charge in [0.2, 0.25) is 0 Å². The fourth-order valence-corrected chi connectivity index (χ4v) is 2.54. The average molecular weight is 220 g/mol. The van der Waals surface area contributed by atoms with Crippen LogP contribution in [0.3, 0.4) is 0 Å². The normalized spacial score (nSPS) is 15.8. The van der Waals surface area contributed by atoms with Crippen molar-refractivity contribution in [3.63, 3.8) is 0 Å². The molecule has 15 heavy (non-hydrogen) atoms. The lowest BCUT2D eigenvalue weighted by Crippen LogP contribution is -1.98. The van der Waals surface area contributed by atoms with E-state index >= 15 is 0 Å². The van der Waals surface area contributed by atoms with E-state index in [0.29, 0.717) is 6.04 Å². The summed E-state index contributed by atoms with van der Waals surface area (Å²) >= 11 is 1.57. The van der Waals surface area contributed by atoms with Crippen LogP contribution >= 0.6 is 11.3 Å². The van der Waals surface area contributed by atoms with E-state index in [2.05, 4.69) is 14.8 Å². The number of nitrogens with zero attached hydrogens (tertiary/aromatic N) is 3. The lowest BCUT2D eigenvalue weighted by Gasteiger charge is -2.04. The lowest BCUT2D eigenvalue weighted by atomic mass is 10.4. The number of aryl methyl sites for hydroxylation is 1. The number of thiophene rings is 1. The molecule has 78 valence electrons. The molecule has 2 aromatic rings. The van der Waals surface area contributed by atoms with Gasteiger partial charge >= 0.3 is 0 Å². The topological polar surface area (TPSA) is 56.7 Å². The molecule has 1 aliphatic rings. The van der Waals surface area contributed by atoms with Crippen LogP contribution in [-0.2, 0) is 0 Å². The molecule has 5 heteroatoms. The van der Waals surface area contributed by atoms with E-state index in [1.807, 2.05) is 19.1 Å². The van der Waals surface area contributed by atoms with Crippen LogP contribution in [-0.4, -0.2) is 14.8 Å². The number of hydrogen-bond donors (Lipinski definition) is 1. The van der Waals surface area contributed by atoms with Gasteiger partial charge in [0.05, 0.1) is 9.88 Å². The molecule has 0 amide bonds. The maximum absolute atomic E-state index is 5.73. The summed E-state index contributed by atoms with van der Waals surface area (Å²) in [5.74, 6) is 1.97. The van der Waals surface area contributed by atoms with Crippen LogP contribution in [0.4, 0.5) is 5.00 Å². The van der Waals surface area contributed by atoms with Gasteiger partial charge in [-0.05, 0) is 31.9 Å². The number of nitrogen functional groups attached to an aromatic ring is 1. The van der Waals surface area contributed by atoms with Gasteiger partial charge in [-0.1, -0.05) is 0 Å². The Morgan fingerprint density at radius 1 is 1.40 bits per heavy atom. The van der Waals surface area contributed by atoms with Gasteiger partial charge in [-0.3, -0.25) is 0 Å². The highest BCUT2D eigenvalue weighted by atomic mass is 32.1. The highest BCUT2D eigenvalue weighted by Gasteiger charge is 2.28. The first kappa shape index (κ1) is 8.91. The molecule has 3 rings (SSSR count). The van der Waals surface area contributed by atoms with Gasteiger partial charge in [-0.15, -0.1) is 21.5 Å². The Bertz CT molecular complexity index is 495. The molecule has 2 aromatic heterocycles. The van der Waals surface area contributed by atoms with E-state index < -0.39 is 0 Å². The summed E-state index contributed by atoms with van der Waals surface area (Å²) in [4.78, 5) is 1.11.